The monoisotopic (exact) mass is 290 g/mol. The Morgan fingerprint density at radius 1 is 1.35 bits per heavy atom. The summed E-state index contributed by atoms with van der Waals surface area (Å²) in [5, 5.41) is 7.80. The molecule has 0 aliphatic carbocycles. The predicted octanol–water partition coefficient (Wildman–Crippen LogP) is 3.35. The molecule has 0 amide bonds. The number of anilines is 1. The third-order valence-electron chi connectivity index (χ3n) is 2.81. The highest BCUT2D eigenvalue weighted by Gasteiger charge is 2.19. The fourth-order valence-electron chi connectivity index (χ4n) is 1.86. The highest BCUT2D eigenvalue weighted by Crippen LogP contribution is 2.34. The Labute approximate surface area is 118 Å². The van der Waals surface area contributed by atoms with Gasteiger partial charge in [-0.15, -0.1) is 0 Å². The molecule has 0 saturated carbocycles. The highest BCUT2D eigenvalue weighted by molar-refractivity contribution is 7.10. The van der Waals surface area contributed by atoms with Crippen LogP contribution < -0.4 is 5.32 Å². The van der Waals surface area contributed by atoms with Gasteiger partial charge in [-0.05, 0) is 30.6 Å². The minimum absolute atomic E-state index is 0.335. The molecule has 2 aromatic heterocycles. The zero-order chi connectivity index (χ0) is 14.1. The van der Waals surface area contributed by atoms with Gasteiger partial charge in [-0.25, -0.2) is 4.39 Å². The largest absolute Gasteiger partial charge is 0.378 e. The van der Waals surface area contributed by atoms with Gasteiger partial charge in [0.15, 0.2) is 0 Å². The number of aryl methyl sites for hydroxylation is 1. The lowest BCUT2D eigenvalue weighted by molar-refractivity contribution is 0.432. The number of nitrogens with one attached hydrogen (secondary N) is 1. The number of nitrogens with zero attached hydrogens (tertiary/aromatic N) is 3. The van der Waals surface area contributed by atoms with E-state index in [4.69, 9.17) is 4.52 Å². The van der Waals surface area contributed by atoms with Crippen LogP contribution in [-0.2, 0) is 0 Å². The van der Waals surface area contributed by atoms with E-state index in [0.717, 1.165) is 16.3 Å². The molecule has 3 aromatic rings. The van der Waals surface area contributed by atoms with E-state index in [1.165, 1.54) is 23.7 Å². The number of hydrogen-bond acceptors (Lipinski definition) is 6. The molecule has 7 heteroatoms. The Balaban J connectivity index is 2.04. The summed E-state index contributed by atoms with van der Waals surface area (Å²) in [6.45, 7) is 1.87. The van der Waals surface area contributed by atoms with Crippen molar-refractivity contribution in [1.29, 1.82) is 0 Å². The van der Waals surface area contributed by atoms with Gasteiger partial charge in [-0.3, -0.25) is 0 Å². The number of aromatic nitrogens is 3. The van der Waals surface area contributed by atoms with E-state index < -0.39 is 0 Å². The van der Waals surface area contributed by atoms with Gasteiger partial charge in [0.25, 0.3) is 5.89 Å². The minimum atomic E-state index is -0.335. The Morgan fingerprint density at radius 2 is 2.20 bits per heavy atom. The van der Waals surface area contributed by atoms with Crippen molar-refractivity contribution < 1.29 is 8.91 Å². The normalized spacial score (nSPS) is 10.8. The zero-order valence-electron chi connectivity index (χ0n) is 10.8. The molecular weight excluding hydrogens is 279 g/mol. The van der Waals surface area contributed by atoms with Crippen LogP contribution in [0.25, 0.3) is 22.8 Å². The van der Waals surface area contributed by atoms with Gasteiger partial charge in [0, 0.05) is 12.6 Å². The Bertz CT molecular complexity index is 752. The predicted molar refractivity (Wildman–Crippen MR) is 75.1 cm³/mol. The molecule has 0 bridgehead atoms. The molecule has 0 fully saturated rings. The van der Waals surface area contributed by atoms with E-state index in [-0.39, 0.29) is 5.82 Å². The van der Waals surface area contributed by atoms with Crippen LogP contribution in [0.4, 0.5) is 9.39 Å². The fraction of sp³-hybridized carbons (Fsp3) is 0.154. The maximum atomic E-state index is 13.2. The van der Waals surface area contributed by atoms with E-state index in [0.29, 0.717) is 17.3 Å². The third kappa shape index (κ3) is 2.16. The van der Waals surface area contributed by atoms with Crippen molar-refractivity contribution in [3.63, 3.8) is 0 Å². The molecule has 0 saturated heterocycles. The molecular formula is C13H11FN4OS. The fourth-order valence-corrected chi connectivity index (χ4v) is 2.60. The maximum absolute atomic E-state index is 13.2. The molecule has 3 rings (SSSR count). The lowest BCUT2D eigenvalue weighted by atomic mass is 10.2. The second-order valence-corrected chi connectivity index (χ2v) is 4.93. The summed E-state index contributed by atoms with van der Waals surface area (Å²) in [5.74, 6) is 0.394. The Morgan fingerprint density at radius 3 is 2.95 bits per heavy atom. The van der Waals surface area contributed by atoms with Crippen LogP contribution in [0, 0.1) is 12.7 Å². The number of hydrogen-bond donors (Lipinski definition) is 1. The van der Waals surface area contributed by atoms with E-state index in [1.807, 2.05) is 6.92 Å². The highest BCUT2D eigenvalue weighted by atomic mass is 32.1. The summed E-state index contributed by atoms with van der Waals surface area (Å²) in [4.78, 5) is 4.32. The topological polar surface area (TPSA) is 63.8 Å². The zero-order valence-corrected chi connectivity index (χ0v) is 11.7. The van der Waals surface area contributed by atoms with Crippen molar-refractivity contribution in [3.8, 4) is 22.8 Å². The van der Waals surface area contributed by atoms with Crippen LogP contribution in [0.1, 0.15) is 5.69 Å². The van der Waals surface area contributed by atoms with E-state index in [2.05, 4.69) is 19.8 Å². The maximum Gasteiger partial charge on any atom is 0.263 e. The number of benzene rings is 1. The summed E-state index contributed by atoms with van der Waals surface area (Å²) < 4.78 is 22.7. The molecule has 102 valence electrons. The Hall–Kier alpha value is -2.28. The first kappa shape index (κ1) is 12.7. The summed E-state index contributed by atoms with van der Waals surface area (Å²) in [6, 6.07) is 6.08. The summed E-state index contributed by atoms with van der Waals surface area (Å²) in [6.07, 6.45) is 0. The van der Waals surface area contributed by atoms with Crippen molar-refractivity contribution in [2.24, 2.45) is 0 Å². The molecule has 2 heterocycles. The molecule has 1 aromatic carbocycles. The molecule has 0 unspecified atom stereocenters. The van der Waals surface area contributed by atoms with E-state index in [1.54, 1.807) is 19.2 Å². The quantitative estimate of drug-likeness (QED) is 0.801. The molecule has 5 nitrogen and oxygen atoms in total. The average molecular weight is 290 g/mol. The van der Waals surface area contributed by atoms with E-state index >= 15 is 0 Å². The van der Waals surface area contributed by atoms with Crippen molar-refractivity contribution in [3.05, 3.63) is 35.8 Å². The van der Waals surface area contributed by atoms with Gasteiger partial charge >= 0.3 is 0 Å². The summed E-state index contributed by atoms with van der Waals surface area (Å²) >= 11 is 1.33. The molecule has 0 aliphatic heterocycles. The molecule has 20 heavy (non-hydrogen) atoms. The SMILES string of the molecule is CNc1snc(C)c1-c1nc(-c2cccc(F)c2)no1. The second-order valence-electron chi connectivity index (χ2n) is 4.16. The smallest absolute Gasteiger partial charge is 0.263 e. The standard InChI is InChI=1S/C13H11FN4OS/c1-7-10(13(15-2)20-18-7)12-16-11(17-19-12)8-4-3-5-9(14)6-8/h3-6,15H,1-2H3. The van der Waals surface area contributed by atoms with Gasteiger partial charge in [0.05, 0.1) is 11.3 Å². The van der Waals surface area contributed by atoms with Gasteiger partial charge in [-0.1, -0.05) is 17.3 Å². The van der Waals surface area contributed by atoms with Crippen LogP contribution >= 0.6 is 11.5 Å². The van der Waals surface area contributed by atoms with Crippen molar-refractivity contribution in [2.75, 3.05) is 12.4 Å². The molecule has 0 aliphatic rings. The number of halogens is 1. The van der Waals surface area contributed by atoms with Gasteiger partial charge in [-0.2, -0.15) is 9.36 Å². The summed E-state index contributed by atoms with van der Waals surface area (Å²) in [7, 11) is 1.81. The lowest BCUT2D eigenvalue weighted by Crippen LogP contribution is -1.89. The Kier molecular flexibility index (Phi) is 3.19. The third-order valence-corrected chi connectivity index (χ3v) is 3.77. The first-order valence-electron chi connectivity index (χ1n) is 5.93. The second kappa shape index (κ2) is 5.01. The molecule has 0 atom stereocenters. The van der Waals surface area contributed by atoms with Crippen LogP contribution in [0.3, 0.4) is 0 Å². The van der Waals surface area contributed by atoms with Crippen molar-refractivity contribution in [2.45, 2.75) is 6.92 Å². The van der Waals surface area contributed by atoms with Crippen LogP contribution in [-0.4, -0.2) is 21.6 Å². The van der Waals surface area contributed by atoms with Crippen molar-refractivity contribution >= 4 is 16.5 Å². The number of rotatable bonds is 3. The molecule has 1 N–H and O–H groups in total. The van der Waals surface area contributed by atoms with Crippen molar-refractivity contribution in [1.82, 2.24) is 14.5 Å². The van der Waals surface area contributed by atoms with E-state index in [9.17, 15) is 4.39 Å². The van der Waals surface area contributed by atoms with Gasteiger partial charge in [0.1, 0.15) is 10.8 Å². The average Bonchev–Trinajstić information content (AvgIpc) is 3.04. The minimum Gasteiger partial charge on any atom is -0.378 e. The first-order valence-corrected chi connectivity index (χ1v) is 6.70. The first-order chi connectivity index (χ1) is 9.69. The van der Waals surface area contributed by atoms with Crippen LogP contribution in [0.5, 0.6) is 0 Å². The van der Waals surface area contributed by atoms with Crippen LogP contribution in [0.15, 0.2) is 28.8 Å². The molecule has 0 spiro atoms. The van der Waals surface area contributed by atoms with Gasteiger partial charge < -0.3 is 9.84 Å². The summed E-state index contributed by atoms with van der Waals surface area (Å²) in [5.41, 5.74) is 2.17. The van der Waals surface area contributed by atoms with Gasteiger partial charge in [0.2, 0.25) is 5.82 Å². The molecule has 0 radical (unpaired) electrons. The lowest BCUT2D eigenvalue weighted by Gasteiger charge is -1.96. The van der Waals surface area contributed by atoms with Crippen LogP contribution in [0.2, 0.25) is 0 Å².